The van der Waals surface area contributed by atoms with Gasteiger partial charge in [0.25, 0.3) is 0 Å². The van der Waals surface area contributed by atoms with Crippen molar-refractivity contribution < 1.29 is 15.0 Å². The van der Waals surface area contributed by atoms with Crippen LogP contribution in [0.1, 0.15) is 23.2 Å². The summed E-state index contributed by atoms with van der Waals surface area (Å²) in [6, 6.07) is 9.19. The largest absolute Gasteiger partial charge is 0.478 e. The van der Waals surface area contributed by atoms with E-state index in [2.05, 4.69) is 9.88 Å². The smallest absolute Gasteiger partial charge is 0.336 e. The van der Waals surface area contributed by atoms with E-state index in [0.29, 0.717) is 23.5 Å². The Labute approximate surface area is 116 Å². The summed E-state index contributed by atoms with van der Waals surface area (Å²) in [6.07, 6.45) is 2.24. The lowest BCUT2D eigenvalue weighted by Crippen LogP contribution is -2.29. The van der Waals surface area contributed by atoms with E-state index in [1.165, 1.54) is 0 Å². The highest BCUT2D eigenvalue weighted by Crippen LogP contribution is 2.31. The summed E-state index contributed by atoms with van der Waals surface area (Å²) in [5.41, 5.74) is 0.938. The maximum absolute atomic E-state index is 11.2. The number of carbonyl (C=O) groups is 1. The highest BCUT2D eigenvalue weighted by Gasteiger charge is 2.29. The van der Waals surface area contributed by atoms with Crippen molar-refractivity contribution in [3.63, 3.8) is 0 Å². The zero-order chi connectivity index (χ0) is 14.1. The van der Waals surface area contributed by atoms with Crippen molar-refractivity contribution in [2.75, 3.05) is 18.1 Å². The number of pyridine rings is 1. The van der Waals surface area contributed by atoms with Crippen LogP contribution in [0.4, 0.5) is 5.82 Å². The summed E-state index contributed by atoms with van der Waals surface area (Å²) in [5, 5.41) is 19.0. The van der Waals surface area contributed by atoms with Crippen LogP contribution in [0.5, 0.6) is 0 Å². The first-order valence-corrected chi connectivity index (χ1v) is 6.71. The van der Waals surface area contributed by atoms with Crippen LogP contribution in [0.15, 0.2) is 30.3 Å². The molecule has 1 aliphatic rings. The Morgan fingerprint density at radius 1 is 1.30 bits per heavy atom. The fraction of sp³-hybridized carbons (Fsp3) is 0.333. The van der Waals surface area contributed by atoms with E-state index < -0.39 is 5.97 Å². The minimum absolute atomic E-state index is 0.0887. The van der Waals surface area contributed by atoms with Crippen molar-refractivity contribution in [1.82, 2.24) is 4.98 Å². The van der Waals surface area contributed by atoms with Crippen molar-refractivity contribution in [3.8, 4) is 0 Å². The predicted octanol–water partition coefficient (Wildman–Crippen LogP) is 1.89. The van der Waals surface area contributed by atoms with Crippen molar-refractivity contribution in [3.05, 3.63) is 35.9 Å². The number of carboxylic acid groups (broad SMARTS) is 1. The van der Waals surface area contributed by atoms with Crippen LogP contribution in [0.3, 0.4) is 0 Å². The number of carboxylic acids is 1. The topological polar surface area (TPSA) is 73.7 Å². The number of nitrogens with zero attached hydrogens (tertiary/aromatic N) is 2. The zero-order valence-corrected chi connectivity index (χ0v) is 11.0. The summed E-state index contributed by atoms with van der Waals surface area (Å²) >= 11 is 0. The fourth-order valence-corrected chi connectivity index (χ4v) is 2.47. The summed E-state index contributed by atoms with van der Waals surface area (Å²) in [4.78, 5) is 17.8. The minimum atomic E-state index is -0.945. The molecule has 2 aromatic rings. The predicted molar refractivity (Wildman–Crippen MR) is 76.2 cm³/mol. The molecule has 0 bridgehead atoms. The fourth-order valence-electron chi connectivity index (χ4n) is 2.47. The Bertz CT molecular complexity index is 653. The van der Waals surface area contributed by atoms with E-state index in [1.54, 1.807) is 18.2 Å². The SMILES string of the molecule is O=C(O)c1cccc2nc(N(CCO)C3CC3)ccc12. The van der Waals surface area contributed by atoms with Crippen LogP contribution in [-0.4, -0.2) is 40.4 Å². The number of aliphatic hydroxyl groups excluding tert-OH is 1. The average molecular weight is 272 g/mol. The molecule has 1 aromatic carbocycles. The third-order valence-electron chi connectivity index (χ3n) is 3.57. The number of aromatic carboxylic acids is 1. The number of anilines is 1. The van der Waals surface area contributed by atoms with E-state index in [-0.39, 0.29) is 12.2 Å². The van der Waals surface area contributed by atoms with Crippen LogP contribution < -0.4 is 4.90 Å². The highest BCUT2D eigenvalue weighted by atomic mass is 16.4. The molecule has 3 rings (SSSR count). The molecule has 0 unspecified atom stereocenters. The van der Waals surface area contributed by atoms with E-state index in [0.717, 1.165) is 18.7 Å². The molecule has 1 heterocycles. The molecule has 1 aliphatic carbocycles. The van der Waals surface area contributed by atoms with Gasteiger partial charge < -0.3 is 15.1 Å². The second kappa shape index (κ2) is 5.09. The molecule has 0 spiro atoms. The van der Waals surface area contributed by atoms with Gasteiger partial charge in [-0.2, -0.15) is 0 Å². The Hall–Kier alpha value is -2.14. The zero-order valence-electron chi connectivity index (χ0n) is 11.0. The Kier molecular flexibility index (Phi) is 3.28. The number of aromatic nitrogens is 1. The van der Waals surface area contributed by atoms with Gasteiger partial charge in [-0.3, -0.25) is 0 Å². The molecule has 0 radical (unpaired) electrons. The van der Waals surface area contributed by atoms with Crippen LogP contribution in [0.25, 0.3) is 10.9 Å². The monoisotopic (exact) mass is 272 g/mol. The first-order chi connectivity index (χ1) is 9.70. The van der Waals surface area contributed by atoms with Gasteiger partial charge in [-0.05, 0) is 37.1 Å². The Balaban J connectivity index is 2.04. The lowest BCUT2D eigenvalue weighted by molar-refractivity contribution is 0.0699. The molecule has 2 N–H and O–H groups in total. The molecular formula is C15H16N2O3. The third kappa shape index (κ3) is 2.32. The average Bonchev–Trinajstić information content (AvgIpc) is 3.28. The van der Waals surface area contributed by atoms with Gasteiger partial charge in [0, 0.05) is 18.0 Å². The van der Waals surface area contributed by atoms with Crippen molar-refractivity contribution >= 4 is 22.7 Å². The van der Waals surface area contributed by atoms with Crippen LogP contribution in [0, 0.1) is 0 Å². The van der Waals surface area contributed by atoms with Crippen LogP contribution >= 0.6 is 0 Å². The summed E-state index contributed by atoms with van der Waals surface area (Å²) in [6.45, 7) is 0.646. The number of aliphatic hydroxyl groups is 1. The number of rotatable bonds is 5. The number of benzene rings is 1. The normalized spacial score (nSPS) is 14.4. The summed E-state index contributed by atoms with van der Waals surface area (Å²) < 4.78 is 0. The van der Waals surface area contributed by atoms with E-state index in [1.807, 2.05) is 12.1 Å². The van der Waals surface area contributed by atoms with Gasteiger partial charge >= 0.3 is 5.97 Å². The van der Waals surface area contributed by atoms with Gasteiger partial charge in [-0.15, -0.1) is 0 Å². The molecule has 5 heteroatoms. The maximum atomic E-state index is 11.2. The Morgan fingerprint density at radius 2 is 2.10 bits per heavy atom. The molecule has 5 nitrogen and oxygen atoms in total. The quantitative estimate of drug-likeness (QED) is 0.869. The van der Waals surface area contributed by atoms with Gasteiger partial charge in [0.1, 0.15) is 5.82 Å². The second-order valence-corrected chi connectivity index (χ2v) is 5.00. The highest BCUT2D eigenvalue weighted by molar-refractivity contribution is 6.02. The number of fused-ring (bicyclic) bond motifs is 1. The van der Waals surface area contributed by atoms with Crippen molar-refractivity contribution in [2.45, 2.75) is 18.9 Å². The maximum Gasteiger partial charge on any atom is 0.336 e. The summed E-state index contributed by atoms with van der Waals surface area (Å²) in [7, 11) is 0. The van der Waals surface area contributed by atoms with Gasteiger partial charge in [0.15, 0.2) is 0 Å². The van der Waals surface area contributed by atoms with E-state index >= 15 is 0 Å². The first kappa shape index (κ1) is 12.9. The minimum Gasteiger partial charge on any atom is -0.478 e. The van der Waals surface area contributed by atoms with Gasteiger partial charge in [0.05, 0.1) is 17.7 Å². The van der Waals surface area contributed by atoms with E-state index in [9.17, 15) is 9.90 Å². The lowest BCUT2D eigenvalue weighted by atomic mass is 10.1. The number of hydrogen-bond donors (Lipinski definition) is 2. The molecule has 1 saturated carbocycles. The molecule has 0 atom stereocenters. The van der Waals surface area contributed by atoms with Crippen molar-refractivity contribution in [1.29, 1.82) is 0 Å². The van der Waals surface area contributed by atoms with Crippen LogP contribution in [-0.2, 0) is 0 Å². The molecule has 1 aromatic heterocycles. The third-order valence-corrected chi connectivity index (χ3v) is 3.57. The summed E-state index contributed by atoms with van der Waals surface area (Å²) in [5.74, 6) is -0.142. The molecule has 20 heavy (non-hydrogen) atoms. The molecule has 0 aliphatic heterocycles. The molecule has 0 amide bonds. The first-order valence-electron chi connectivity index (χ1n) is 6.71. The standard InChI is InChI=1S/C15H16N2O3/c18-9-8-17(10-4-5-10)14-7-6-11-12(15(19)20)2-1-3-13(11)16-14/h1-3,6-7,10,18H,4-5,8-9H2,(H,19,20). The molecule has 0 saturated heterocycles. The van der Waals surface area contributed by atoms with E-state index in [4.69, 9.17) is 5.11 Å². The molecular weight excluding hydrogens is 256 g/mol. The second-order valence-electron chi connectivity index (χ2n) is 5.00. The van der Waals surface area contributed by atoms with Crippen LogP contribution in [0.2, 0.25) is 0 Å². The van der Waals surface area contributed by atoms with Crippen molar-refractivity contribution in [2.24, 2.45) is 0 Å². The van der Waals surface area contributed by atoms with Gasteiger partial charge in [0.2, 0.25) is 0 Å². The molecule has 104 valence electrons. The van der Waals surface area contributed by atoms with Gasteiger partial charge in [-0.25, -0.2) is 9.78 Å². The molecule has 1 fully saturated rings. The number of hydrogen-bond acceptors (Lipinski definition) is 4. The lowest BCUT2D eigenvalue weighted by Gasteiger charge is -2.22. The Morgan fingerprint density at radius 3 is 2.75 bits per heavy atom. The van der Waals surface area contributed by atoms with Gasteiger partial charge in [-0.1, -0.05) is 6.07 Å².